The van der Waals surface area contributed by atoms with Gasteiger partial charge in [-0.3, -0.25) is 14.4 Å². The third-order valence-electron chi connectivity index (χ3n) is 3.82. The van der Waals surface area contributed by atoms with Crippen molar-refractivity contribution in [3.05, 3.63) is 35.4 Å². The Kier molecular flexibility index (Phi) is 4.26. The van der Waals surface area contributed by atoms with E-state index in [0.717, 1.165) is 0 Å². The van der Waals surface area contributed by atoms with Crippen LogP contribution in [0.3, 0.4) is 0 Å². The number of hydrogen-bond acceptors (Lipinski definition) is 3. The van der Waals surface area contributed by atoms with Crippen LogP contribution in [0, 0.1) is 11.8 Å². The third-order valence-corrected chi connectivity index (χ3v) is 3.82. The number of carbonyl (C=O) groups excluding carboxylic acids is 2. The number of carboxylic acid groups (broad SMARTS) is 1. The molecule has 0 radical (unpaired) electrons. The molecule has 1 aliphatic rings. The summed E-state index contributed by atoms with van der Waals surface area (Å²) in [5.41, 5.74) is 0.805. The molecule has 6 heteroatoms. The van der Waals surface area contributed by atoms with Crippen molar-refractivity contribution in [2.24, 2.45) is 11.8 Å². The highest BCUT2D eigenvalue weighted by Crippen LogP contribution is 2.24. The van der Waals surface area contributed by atoms with E-state index in [1.54, 1.807) is 18.2 Å². The fraction of sp³-hybridized carbons (Fsp3) is 0.400. The van der Waals surface area contributed by atoms with Crippen LogP contribution in [0.4, 0.5) is 0 Å². The van der Waals surface area contributed by atoms with Gasteiger partial charge in [0.2, 0.25) is 0 Å². The maximum atomic E-state index is 12.4. The minimum Gasteiger partial charge on any atom is -0.481 e. The van der Waals surface area contributed by atoms with E-state index in [2.05, 4.69) is 5.32 Å². The molecule has 1 fully saturated rings. The van der Waals surface area contributed by atoms with E-state index in [-0.39, 0.29) is 24.3 Å². The molecule has 2 rings (SSSR count). The Bertz CT molecular complexity index is 585. The second kappa shape index (κ2) is 5.95. The molecule has 6 nitrogen and oxygen atoms in total. The lowest BCUT2D eigenvalue weighted by Crippen LogP contribution is -2.30. The minimum absolute atomic E-state index is 0.0754. The SMILES string of the molecule is CNC(=O)c1cccc(C(=O)N2C[C@@H](C)[C@H](C(=O)O)C2)c1. The first-order valence-electron chi connectivity index (χ1n) is 6.78. The monoisotopic (exact) mass is 290 g/mol. The van der Waals surface area contributed by atoms with Crippen molar-refractivity contribution < 1.29 is 19.5 Å². The summed E-state index contributed by atoms with van der Waals surface area (Å²) in [4.78, 5) is 36.7. The smallest absolute Gasteiger partial charge is 0.308 e. The van der Waals surface area contributed by atoms with Crippen molar-refractivity contribution in [1.29, 1.82) is 0 Å². The molecule has 1 aliphatic heterocycles. The van der Waals surface area contributed by atoms with E-state index in [1.807, 2.05) is 6.92 Å². The Morgan fingerprint density at radius 2 is 1.90 bits per heavy atom. The summed E-state index contributed by atoms with van der Waals surface area (Å²) in [5.74, 6) is -1.99. The minimum atomic E-state index is -0.878. The van der Waals surface area contributed by atoms with Gasteiger partial charge < -0.3 is 15.3 Å². The number of rotatable bonds is 3. The normalized spacial score (nSPS) is 21.1. The number of carbonyl (C=O) groups is 3. The summed E-state index contributed by atoms with van der Waals surface area (Å²) < 4.78 is 0. The van der Waals surface area contributed by atoms with Crippen molar-refractivity contribution >= 4 is 17.8 Å². The molecule has 2 N–H and O–H groups in total. The van der Waals surface area contributed by atoms with E-state index in [9.17, 15) is 14.4 Å². The molecule has 1 heterocycles. The number of carboxylic acids is 1. The molecule has 1 aromatic carbocycles. The molecule has 0 spiro atoms. The molecule has 2 atom stereocenters. The van der Waals surface area contributed by atoms with E-state index >= 15 is 0 Å². The predicted molar refractivity (Wildman–Crippen MR) is 76.0 cm³/mol. The van der Waals surface area contributed by atoms with Crippen LogP contribution in [0.1, 0.15) is 27.6 Å². The summed E-state index contributed by atoms with van der Waals surface area (Å²) in [6, 6.07) is 6.43. The highest BCUT2D eigenvalue weighted by molar-refractivity contribution is 5.99. The molecular weight excluding hydrogens is 272 g/mol. The first-order chi connectivity index (χ1) is 9.93. The molecule has 0 aliphatic carbocycles. The third kappa shape index (κ3) is 3.04. The zero-order chi connectivity index (χ0) is 15.6. The quantitative estimate of drug-likeness (QED) is 0.863. The summed E-state index contributed by atoms with van der Waals surface area (Å²) in [6.07, 6.45) is 0. The van der Waals surface area contributed by atoms with Gasteiger partial charge in [-0.2, -0.15) is 0 Å². The molecule has 0 bridgehead atoms. The van der Waals surface area contributed by atoms with Crippen LogP contribution in [0.5, 0.6) is 0 Å². The zero-order valence-electron chi connectivity index (χ0n) is 12.0. The Labute approximate surface area is 122 Å². The highest BCUT2D eigenvalue weighted by atomic mass is 16.4. The average molecular weight is 290 g/mol. The molecule has 0 aromatic heterocycles. The maximum absolute atomic E-state index is 12.4. The maximum Gasteiger partial charge on any atom is 0.308 e. The molecule has 0 saturated carbocycles. The number of nitrogens with one attached hydrogen (secondary N) is 1. The van der Waals surface area contributed by atoms with Crippen LogP contribution in [-0.4, -0.2) is 47.9 Å². The van der Waals surface area contributed by atoms with E-state index in [0.29, 0.717) is 17.7 Å². The van der Waals surface area contributed by atoms with Crippen LogP contribution in [-0.2, 0) is 4.79 Å². The largest absolute Gasteiger partial charge is 0.481 e. The van der Waals surface area contributed by atoms with Crippen LogP contribution in [0.25, 0.3) is 0 Å². The van der Waals surface area contributed by atoms with Crippen LogP contribution >= 0.6 is 0 Å². The van der Waals surface area contributed by atoms with Gasteiger partial charge >= 0.3 is 5.97 Å². The number of benzene rings is 1. The van der Waals surface area contributed by atoms with Gasteiger partial charge in [0.05, 0.1) is 5.92 Å². The summed E-state index contributed by atoms with van der Waals surface area (Å²) in [5, 5.41) is 11.6. The molecule has 0 unspecified atom stereocenters. The topological polar surface area (TPSA) is 86.7 Å². The second-order valence-corrected chi connectivity index (χ2v) is 5.29. The first kappa shape index (κ1) is 15.0. The highest BCUT2D eigenvalue weighted by Gasteiger charge is 2.37. The molecule has 1 saturated heterocycles. The number of nitrogens with zero attached hydrogens (tertiary/aromatic N) is 1. The molecule has 112 valence electrons. The molecule has 2 amide bonds. The Balaban J connectivity index is 2.18. The summed E-state index contributed by atoms with van der Waals surface area (Å²) in [7, 11) is 1.52. The first-order valence-corrected chi connectivity index (χ1v) is 6.78. The van der Waals surface area contributed by atoms with E-state index in [1.165, 1.54) is 18.0 Å². The fourth-order valence-electron chi connectivity index (χ4n) is 2.57. The lowest BCUT2D eigenvalue weighted by atomic mass is 9.99. The van der Waals surface area contributed by atoms with Gasteiger partial charge in [0.15, 0.2) is 0 Å². The van der Waals surface area contributed by atoms with Gasteiger partial charge in [-0.25, -0.2) is 0 Å². The average Bonchev–Trinajstić information content (AvgIpc) is 2.88. The molecule has 21 heavy (non-hydrogen) atoms. The Hall–Kier alpha value is -2.37. The lowest BCUT2D eigenvalue weighted by molar-refractivity contribution is -0.142. The van der Waals surface area contributed by atoms with Crippen molar-refractivity contribution in [2.75, 3.05) is 20.1 Å². The Morgan fingerprint density at radius 1 is 1.24 bits per heavy atom. The number of hydrogen-bond donors (Lipinski definition) is 2. The standard InChI is InChI=1S/C15H18N2O4/c1-9-7-17(8-12(9)15(20)21)14(19)11-5-3-4-10(6-11)13(18)16-2/h3-6,9,12H,7-8H2,1-2H3,(H,16,18)(H,20,21)/t9-,12-/m1/s1. The fourth-order valence-corrected chi connectivity index (χ4v) is 2.57. The van der Waals surface area contributed by atoms with Gasteiger partial charge in [-0.05, 0) is 24.1 Å². The number of aliphatic carboxylic acids is 1. The molecular formula is C15H18N2O4. The van der Waals surface area contributed by atoms with Gasteiger partial charge in [-0.1, -0.05) is 13.0 Å². The zero-order valence-corrected chi connectivity index (χ0v) is 12.0. The van der Waals surface area contributed by atoms with Crippen molar-refractivity contribution in [3.8, 4) is 0 Å². The summed E-state index contributed by atoms with van der Waals surface area (Å²) >= 11 is 0. The van der Waals surface area contributed by atoms with Crippen molar-refractivity contribution in [1.82, 2.24) is 10.2 Å². The Morgan fingerprint density at radius 3 is 2.48 bits per heavy atom. The lowest BCUT2D eigenvalue weighted by Gasteiger charge is -2.16. The molecule has 1 aromatic rings. The van der Waals surface area contributed by atoms with Crippen LogP contribution in [0.2, 0.25) is 0 Å². The van der Waals surface area contributed by atoms with E-state index < -0.39 is 11.9 Å². The van der Waals surface area contributed by atoms with Crippen LogP contribution < -0.4 is 5.32 Å². The van der Waals surface area contributed by atoms with Gasteiger partial charge in [-0.15, -0.1) is 0 Å². The predicted octanol–water partition coefficient (Wildman–Crippen LogP) is 0.839. The van der Waals surface area contributed by atoms with Crippen molar-refractivity contribution in [3.63, 3.8) is 0 Å². The van der Waals surface area contributed by atoms with Gasteiger partial charge in [0.1, 0.15) is 0 Å². The van der Waals surface area contributed by atoms with Crippen molar-refractivity contribution in [2.45, 2.75) is 6.92 Å². The van der Waals surface area contributed by atoms with Gasteiger partial charge in [0, 0.05) is 31.3 Å². The van der Waals surface area contributed by atoms with Crippen LogP contribution in [0.15, 0.2) is 24.3 Å². The number of likely N-dealkylation sites (tertiary alicyclic amines) is 1. The second-order valence-electron chi connectivity index (χ2n) is 5.29. The number of amides is 2. The summed E-state index contributed by atoms with van der Waals surface area (Å²) in [6.45, 7) is 2.45. The van der Waals surface area contributed by atoms with E-state index in [4.69, 9.17) is 5.11 Å². The van der Waals surface area contributed by atoms with Gasteiger partial charge in [0.25, 0.3) is 11.8 Å².